The largest absolute Gasteiger partial charge is 0.352 e. The number of nitriles is 1. The van der Waals surface area contributed by atoms with Gasteiger partial charge >= 0.3 is 0 Å². The van der Waals surface area contributed by atoms with E-state index in [0.29, 0.717) is 42.8 Å². The fraction of sp³-hybridized carbons (Fsp3) is 0.526. The minimum absolute atomic E-state index is 0.0856. The maximum atomic E-state index is 12.6. The quantitative estimate of drug-likeness (QED) is 0.817. The molecule has 3 atom stereocenters. The number of carbonyl (C=O) groups is 1. The lowest BCUT2D eigenvalue weighted by Crippen LogP contribution is -2.55. The maximum absolute atomic E-state index is 12.6. The van der Waals surface area contributed by atoms with Gasteiger partial charge in [-0.2, -0.15) is 10.4 Å². The minimum Gasteiger partial charge on any atom is -0.352 e. The molecular weight excluding hydrogens is 342 g/mol. The van der Waals surface area contributed by atoms with Crippen LogP contribution in [-0.2, 0) is 11.8 Å². The van der Waals surface area contributed by atoms with Crippen LogP contribution in [0.3, 0.4) is 0 Å². The summed E-state index contributed by atoms with van der Waals surface area (Å²) >= 11 is 0. The Bertz CT molecular complexity index is 915. The van der Waals surface area contributed by atoms with E-state index in [0.717, 1.165) is 12.0 Å². The van der Waals surface area contributed by atoms with Gasteiger partial charge in [-0.1, -0.05) is 6.92 Å². The van der Waals surface area contributed by atoms with Crippen LogP contribution < -0.4 is 4.90 Å². The molecule has 8 nitrogen and oxygen atoms in total. The van der Waals surface area contributed by atoms with Gasteiger partial charge in [0.05, 0.1) is 18.0 Å². The summed E-state index contributed by atoms with van der Waals surface area (Å²) < 4.78 is 1.70. The Morgan fingerprint density at radius 2 is 2.07 bits per heavy atom. The number of nitrogens with zero attached hydrogens (tertiary/aromatic N) is 7. The van der Waals surface area contributed by atoms with Crippen LogP contribution in [0, 0.1) is 23.2 Å². The van der Waals surface area contributed by atoms with Crippen molar-refractivity contribution in [1.82, 2.24) is 24.6 Å². The Morgan fingerprint density at radius 3 is 2.67 bits per heavy atom. The molecule has 1 aliphatic carbocycles. The topological polar surface area (TPSA) is 90.9 Å². The number of hydrogen-bond donors (Lipinski definition) is 0. The lowest BCUT2D eigenvalue weighted by atomic mass is 10.1. The Kier molecular flexibility index (Phi) is 4.30. The number of rotatable bonds is 3. The van der Waals surface area contributed by atoms with E-state index >= 15 is 0 Å². The molecule has 27 heavy (non-hydrogen) atoms. The predicted molar refractivity (Wildman–Crippen MR) is 99.6 cm³/mol. The second kappa shape index (κ2) is 6.65. The second-order valence-corrected chi connectivity index (χ2v) is 7.59. The summed E-state index contributed by atoms with van der Waals surface area (Å²) in [6.07, 6.45) is 6.13. The first-order chi connectivity index (χ1) is 13.0. The molecule has 1 saturated heterocycles. The molecule has 8 heteroatoms. The van der Waals surface area contributed by atoms with Gasteiger partial charge in [-0.25, -0.2) is 9.97 Å². The van der Waals surface area contributed by atoms with Crippen molar-refractivity contribution in [2.75, 3.05) is 24.5 Å². The first-order valence-corrected chi connectivity index (χ1v) is 9.29. The van der Waals surface area contributed by atoms with Crippen molar-refractivity contribution in [3.8, 4) is 17.5 Å². The average molecular weight is 365 g/mol. The SMILES string of the molecule is C[C@@H]1C[C@@H]1C(=O)N1CCN(c2nc(-c3cnn(C)c3)ncc2C#N)C[C@H]1C. The van der Waals surface area contributed by atoms with E-state index in [1.54, 1.807) is 17.1 Å². The molecule has 0 unspecified atom stereocenters. The van der Waals surface area contributed by atoms with E-state index in [9.17, 15) is 10.1 Å². The number of hydrogen-bond acceptors (Lipinski definition) is 6. The number of anilines is 1. The summed E-state index contributed by atoms with van der Waals surface area (Å²) in [6, 6.07) is 2.28. The molecular formula is C19H23N7O. The summed E-state index contributed by atoms with van der Waals surface area (Å²) in [6.45, 7) is 6.16. The van der Waals surface area contributed by atoms with Crippen molar-refractivity contribution in [2.45, 2.75) is 26.3 Å². The molecule has 0 N–H and O–H groups in total. The van der Waals surface area contributed by atoms with Gasteiger partial charge in [0.2, 0.25) is 5.91 Å². The Balaban J connectivity index is 1.56. The highest BCUT2D eigenvalue weighted by Gasteiger charge is 2.43. The highest BCUT2D eigenvalue weighted by Crippen LogP contribution is 2.40. The van der Waals surface area contributed by atoms with Crippen LogP contribution in [0.2, 0.25) is 0 Å². The molecule has 0 aromatic carbocycles. The summed E-state index contributed by atoms with van der Waals surface area (Å²) in [7, 11) is 1.84. The van der Waals surface area contributed by atoms with Crippen molar-refractivity contribution in [2.24, 2.45) is 18.9 Å². The van der Waals surface area contributed by atoms with E-state index in [1.165, 1.54) is 0 Å². The van der Waals surface area contributed by atoms with Crippen LogP contribution in [0.15, 0.2) is 18.6 Å². The van der Waals surface area contributed by atoms with Crippen molar-refractivity contribution in [3.63, 3.8) is 0 Å². The fourth-order valence-electron chi connectivity index (χ4n) is 3.73. The molecule has 1 amide bonds. The first kappa shape index (κ1) is 17.5. The summed E-state index contributed by atoms with van der Waals surface area (Å²) in [5.41, 5.74) is 1.26. The number of aromatic nitrogens is 4. The predicted octanol–water partition coefficient (Wildman–Crippen LogP) is 1.44. The van der Waals surface area contributed by atoms with E-state index in [-0.39, 0.29) is 17.9 Å². The van der Waals surface area contributed by atoms with E-state index in [2.05, 4.69) is 39.9 Å². The van der Waals surface area contributed by atoms with Gasteiger partial charge in [-0.05, 0) is 19.3 Å². The number of aryl methyl sites for hydroxylation is 1. The van der Waals surface area contributed by atoms with Crippen LogP contribution in [0.5, 0.6) is 0 Å². The van der Waals surface area contributed by atoms with Crippen LogP contribution in [-0.4, -0.2) is 56.2 Å². The molecule has 1 aliphatic heterocycles. The van der Waals surface area contributed by atoms with Crippen LogP contribution in [0.25, 0.3) is 11.4 Å². The number of carbonyl (C=O) groups excluding carboxylic acids is 1. The van der Waals surface area contributed by atoms with Crippen molar-refractivity contribution < 1.29 is 4.79 Å². The number of amides is 1. The third-order valence-corrected chi connectivity index (χ3v) is 5.49. The molecule has 140 valence electrons. The van der Waals surface area contributed by atoms with Crippen LogP contribution in [0.1, 0.15) is 25.8 Å². The Labute approximate surface area is 158 Å². The van der Waals surface area contributed by atoms with Gasteiger partial charge in [-0.15, -0.1) is 0 Å². The molecule has 2 fully saturated rings. The van der Waals surface area contributed by atoms with E-state index < -0.39 is 0 Å². The highest BCUT2D eigenvalue weighted by atomic mass is 16.2. The zero-order chi connectivity index (χ0) is 19.1. The molecule has 0 bridgehead atoms. The third kappa shape index (κ3) is 3.25. The van der Waals surface area contributed by atoms with E-state index in [4.69, 9.17) is 0 Å². The molecule has 2 aromatic rings. The Hall–Kier alpha value is -2.95. The minimum atomic E-state index is 0.0856. The molecule has 3 heterocycles. The van der Waals surface area contributed by atoms with Gasteiger partial charge in [-0.3, -0.25) is 9.48 Å². The van der Waals surface area contributed by atoms with Crippen molar-refractivity contribution >= 4 is 11.7 Å². The standard InChI is InChI=1S/C19H23N7O/c1-12-6-16(12)19(27)26-5-4-25(10-13(26)2)18-14(7-20)8-21-17(23-18)15-9-22-24(3)11-15/h8-9,11-13,16H,4-6,10H2,1-3H3/t12-,13-,16+/m1/s1. The molecule has 4 rings (SSSR count). The monoisotopic (exact) mass is 365 g/mol. The number of piperazine rings is 1. The Morgan fingerprint density at radius 1 is 1.30 bits per heavy atom. The van der Waals surface area contributed by atoms with Crippen molar-refractivity contribution in [1.29, 1.82) is 5.26 Å². The first-order valence-electron chi connectivity index (χ1n) is 9.29. The molecule has 0 radical (unpaired) electrons. The fourth-order valence-corrected chi connectivity index (χ4v) is 3.73. The van der Waals surface area contributed by atoms with Crippen molar-refractivity contribution in [3.05, 3.63) is 24.2 Å². The summed E-state index contributed by atoms with van der Waals surface area (Å²) in [5.74, 6) is 2.16. The highest BCUT2D eigenvalue weighted by molar-refractivity contribution is 5.82. The van der Waals surface area contributed by atoms with Crippen LogP contribution >= 0.6 is 0 Å². The summed E-state index contributed by atoms with van der Waals surface area (Å²) in [5, 5.41) is 13.7. The smallest absolute Gasteiger partial charge is 0.226 e. The van der Waals surface area contributed by atoms with Gasteiger partial charge in [0.25, 0.3) is 0 Å². The lowest BCUT2D eigenvalue weighted by molar-refractivity contribution is -0.135. The zero-order valence-electron chi connectivity index (χ0n) is 15.8. The van der Waals surface area contributed by atoms with E-state index in [1.807, 2.05) is 18.1 Å². The average Bonchev–Trinajstić information content (AvgIpc) is 3.24. The zero-order valence-corrected chi connectivity index (χ0v) is 15.8. The molecule has 0 spiro atoms. The van der Waals surface area contributed by atoms with Gasteiger partial charge in [0, 0.05) is 44.8 Å². The van der Waals surface area contributed by atoms with Gasteiger partial charge in [0.15, 0.2) is 11.6 Å². The maximum Gasteiger partial charge on any atom is 0.226 e. The lowest BCUT2D eigenvalue weighted by Gasteiger charge is -2.40. The molecule has 2 aliphatic rings. The third-order valence-electron chi connectivity index (χ3n) is 5.49. The molecule has 2 aromatic heterocycles. The normalized spacial score (nSPS) is 24.6. The van der Waals surface area contributed by atoms with Crippen LogP contribution in [0.4, 0.5) is 5.82 Å². The summed E-state index contributed by atoms with van der Waals surface area (Å²) in [4.78, 5) is 25.6. The van der Waals surface area contributed by atoms with Gasteiger partial charge < -0.3 is 9.80 Å². The van der Waals surface area contributed by atoms with Gasteiger partial charge in [0.1, 0.15) is 11.6 Å². The molecule has 1 saturated carbocycles. The second-order valence-electron chi connectivity index (χ2n) is 7.59.